The van der Waals surface area contributed by atoms with Crippen LogP contribution < -0.4 is 0 Å². The second kappa shape index (κ2) is 11.8. The summed E-state index contributed by atoms with van der Waals surface area (Å²) >= 11 is 0. The molecule has 21 heavy (non-hydrogen) atoms. The highest BCUT2D eigenvalue weighted by atomic mass is 16.6. The standard InChI is InChI=1S/C12H18O9/c13-3-6-19-10(12(18)21-8-5-15)2-1-9(16)11(17)20-7-4-14/h2,13-15H,1,3-8H2. The fourth-order valence-corrected chi connectivity index (χ4v) is 1.05. The third-order valence-electron chi connectivity index (χ3n) is 1.90. The molecule has 0 aromatic heterocycles. The zero-order valence-electron chi connectivity index (χ0n) is 11.3. The normalized spacial score (nSPS) is 10.9. The van der Waals surface area contributed by atoms with Crippen LogP contribution in [0.4, 0.5) is 0 Å². The van der Waals surface area contributed by atoms with Gasteiger partial charge in [0.05, 0.1) is 19.8 Å². The predicted octanol–water partition coefficient (Wildman–Crippen LogP) is -2.09. The molecule has 0 bridgehead atoms. The number of Topliss-reactive ketones (excluding diaryl/α,β-unsaturated/α-hetero) is 1. The first-order chi connectivity index (χ1) is 10.1. The molecule has 0 aliphatic rings. The molecule has 0 atom stereocenters. The maximum absolute atomic E-state index is 11.5. The lowest BCUT2D eigenvalue weighted by atomic mass is 10.2. The van der Waals surface area contributed by atoms with Crippen LogP contribution in [0.1, 0.15) is 6.42 Å². The number of aliphatic hydroxyl groups excluding tert-OH is 3. The minimum Gasteiger partial charge on any atom is -0.484 e. The average molecular weight is 306 g/mol. The van der Waals surface area contributed by atoms with Gasteiger partial charge in [-0.2, -0.15) is 0 Å². The highest BCUT2D eigenvalue weighted by Gasteiger charge is 2.17. The van der Waals surface area contributed by atoms with E-state index in [-0.39, 0.29) is 38.8 Å². The monoisotopic (exact) mass is 306 g/mol. The lowest BCUT2D eigenvalue weighted by Crippen LogP contribution is -2.19. The Labute approximate surface area is 120 Å². The van der Waals surface area contributed by atoms with Crippen molar-refractivity contribution in [2.75, 3.05) is 39.6 Å². The lowest BCUT2D eigenvalue weighted by molar-refractivity contribution is -0.154. The van der Waals surface area contributed by atoms with E-state index in [1.165, 1.54) is 0 Å². The molecule has 3 N–H and O–H groups in total. The van der Waals surface area contributed by atoms with Crippen LogP contribution in [0.3, 0.4) is 0 Å². The van der Waals surface area contributed by atoms with Crippen LogP contribution in [-0.2, 0) is 28.6 Å². The van der Waals surface area contributed by atoms with Gasteiger partial charge in [-0.25, -0.2) is 9.59 Å². The van der Waals surface area contributed by atoms with Crippen molar-refractivity contribution < 1.29 is 43.9 Å². The summed E-state index contributed by atoms with van der Waals surface area (Å²) in [6.07, 6.45) is 0.539. The Balaban J connectivity index is 4.56. The highest BCUT2D eigenvalue weighted by molar-refractivity contribution is 6.34. The van der Waals surface area contributed by atoms with Crippen LogP contribution in [0.25, 0.3) is 0 Å². The molecular weight excluding hydrogens is 288 g/mol. The van der Waals surface area contributed by atoms with Crippen molar-refractivity contribution in [3.8, 4) is 0 Å². The van der Waals surface area contributed by atoms with Crippen LogP contribution in [0.2, 0.25) is 0 Å². The Bertz CT molecular complexity index is 375. The molecule has 0 aliphatic carbocycles. The highest BCUT2D eigenvalue weighted by Crippen LogP contribution is 2.04. The van der Waals surface area contributed by atoms with Gasteiger partial charge in [0.25, 0.3) is 0 Å². The number of rotatable bonds is 11. The Hall–Kier alpha value is -1.97. The van der Waals surface area contributed by atoms with Gasteiger partial charge in [-0.1, -0.05) is 0 Å². The molecule has 0 amide bonds. The zero-order chi connectivity index (χ0) is 16.1. The fourth-order valence-electron chi connectivity index (χ4n) is 1.05. The van der Waals surface area contributed by atoms with E-state index in [0.29, 0.717) is 0 Å². The molecular formula is C12H18O9. The quantitative estimate of drug-likeness (QED) is 0.170. The van der Waals surface area contributed by atoms with Crippen LogP contribution in [0.15, 0.2) is 11.8 Å². The molecule has 0 fully saturated rings. The molecule has 9 heteroatoms. The molecule has 0 aromatic carbocycles. The first kappa shape index (κ1) is 19.0. The van der Waals surface area contributed by atoms with Gasteiger partial charge >= 0.3 is 11.9 Å². The summed E-state index contributed by atoms with van der Waals surface area (Å²) < 4.78 is 13.8. The Kier molecular flexibility index (Phi) is 10.7. The zero-order valence-corrected chi connectivity index (χ0v) is 11.3. The number of ketones is 1. The number of hydrogen-bond acceptors (Lipinski definition) is 9. The molecule has 0 heterocycles. The van der Waals surface area contributed by atoms with E-state index < -0.39 is 30.7 Å². The van der Waals surface area contributed by atoms with Gasteiger partial charge in [0.1, 0.15) is 19.8 Å². The maximum Gasteiger partial charge on any atom is 0.375 e. The van der Waals surface area contributed by atoms with Crippen LogP contribution in [0, 0.1) is 0 Å². The van der Waals surface area contributed by atoms with Gasteiger partial charge in [-0.3, -0.25) is 4.79 Å². The molecule has 0 radical (unpaired) electrons. The van der Waals surface area contributed by atoms with Crippen molar-refractivity contribution in [1.82, 2.24) is 0 Å². The van der Waals surface area contributed by atoms with Crippen molar-refractivity contribution in [2.24, 2.45) is 0 Å². The first-order valence-corrected chi connectivity index (χ1v) is 6.09. The molecule has 0 aromatic rings. The summed E-state index contributed by atoms with van der Waals surface area (Å²) in [5.74, 6) is -3.39. The molecule has 0 rings (SSSR count). The molecule has 0 saturated carbocycles. The average Bonchev–Trinajstić information content (AvgIpc) is 2.49. The van der Waals surface area contributed by atoms with E-state index in [1.54, 1.807) is 0 Å². The van der Waals surface area contributed by atoms with Gasteiger partial charge in [-0.05, 0) is 6.08 Å². The predicted molar refractivity (Wildman–Crippen MR) is 66.8 cm³/mol. The summed E-state index contributed by atoms with van der Waals surface area (Å²) in [6, 6.07) is 0. The Morgan fingerprint density at radius 1 is 0.762 bits per heavy atom. The maximum atomic E-state index is 11.5. The number of esters is 2. The first-order valence-electron chi connectivity index (χ1n) is 6.09. The molecule has 9 nitrogen and oxygen atoms in total. The number of aliphatic hydroxyl groups is 3. The Morgan fingerprint density at radius 3 is 1.76 bits per heavy atom. The summed E-state index contributed by atoms with van der Waals surface area (Å²) in [7, 11) is 0. The Morgan fingerprint density at radius 2 is 1.24 bits per heavy atom. The van der Waals surface area contributed by atoms with Crippen molar-refractivity contribution in [1.29, 1.82) is 0 Å². The summed E-state index contributed by atoms with van der Waals surface area (Å²) in [5.41, 5.74) is 0. The third-order valence-corrected chi connectivity index (χ3v) is 1.90. The van der Waals surface area contributed by atoms with Gasteiger partial charge in [0.2, 0.25) is 11.5 Å². The summed E-state index contributed by atoms with van der Waals surface area (Å²) in [6.45, 7) is -1.93. The van der Waals surface area contributed by atoms with Crippen molar-refractivity contribution in [2.45, 2.75) is 6.42 Å². The molecule has 0 unspecified atom stereocenters. The second-order valence-electron chi connectivity index (χ2n) is 3.49. The largest absolute Gasteiger partial charge is 0.484 e. The smallest absolute Gasteiger partial charge is 0.375 e. The van der Waals surface area contributed by atoms with E-state index in [9.17, 15) is 14.4 Å². The lowest BCUT2D eigenvalue weighted by Gasteiger charge is -2.08. The van der Waals surface area contributed by atoms with Crippen LogP contribution >= 0.6 is 0 Å². The van der Waals surface area contributed by atoms with Crippen LogP contribution in [-0.4, -0.2) is 72.7 Å². The summed E-state index contributed by atoms with van der Waals surface area (Å²) in [4.78, 5) is 34.0. The number of hydrogen-bond donors (Lipinski definition) is 3. The van der Waals surface area contributed by atoms with E-state index in [4.69, 9.17) is 20.1 Å². The third kappa shape index (κ3) is 8.74. The second-order valence-corrected chi connectivity index (χ2v) is 3.49. The van der Waals surface area contributed by atoms with Crippen molar-refractivity contribution in [3.63, 3.8) is 0 Å². The van der Waals surface area contributed by atoms with E-state index in [2.05, 4.69) is 9.47 Å². The van der Waals surface area contributed by atoms with E-state index in [0.717, 1.165) is 6.08 Å². The SMILES string of the molecule is O=C(CC=C(OCCO)C(=O)OCCO)C(=O)OCCO. The van der Waals surface area contributed by atoms with Gasteiger partial charge in [0.15, 0.2) is 0 Å². The number of ether oxygens (including phenoxy) is 3. The number of carbonyl (C=O) groups excluding carboxylic acids is 3. The van der Waals surface area contributed by atoms with Gasteiger partial charge < -0.3 is 29.5 Å². The van der Waals surface area contributed by atoms with Gasteiger partial charge in [-0.15, -0.1) is 0 Å². The van der Waals surface area contributed by atoms with Gasteiger partial charge in [0, 0.05) is 6.42 Å². The number of allylic oxidation sites excluding steroid dienone is 1. The molecule has 120 valence electrons. The minimum atomic E-state index is -1.15. The molecule has 0 spiro atoms. The fraction of sp³-hybridized carbons (Fsp3) is 0.583. The number of carbonyl (C=O) groups is 3. The van der Waals surface area contributed by atoms with Crippen molar-refractivity contribution >= 4 is 17.7 Å². The minimum absolute atomic E-state index is 0.205. The molecule has 0 aliphatic heterocycles. The summed E-state index contributed by atoms with van der Waals surface area (Å²) in [5, 5.41) is 25.6. The van der Waals surface area contributed by atoms with E-state index >= 15 is 0 Å². The topological polar surface area (TPSA) is 140 Å². The molecule has 0 saturated heterocycles. The van der Waals surface area contributed by atoms with Crippen LogP contribution in [0.5, 0.6) is 0 Å². The van der Waals surface area contributed by atoms with Crippen molar-refractivity contribution in [3.05, 3.63) is 11.8 Å². The van der Waals surface area contributed by atoms with E-state index in [1.807, 2.05) is 0 Å².